The number of carbonyl (C=O) groups is 1. The summed E-state index contributed by atoms with van der Waals surface area (Å²) in [7, 11) is 3.57. The van der Waals surface area contributed by atoms with Crippen molar-refractivity contribution in [3.8, 4) is 0 Å². The van der Waals surface area contributed by atoms with Crippen LogP contribution >= 0.6 is 24.8 Å². The standard InChI is InChI=1S/C17H27N5O2.2ClH/c1-21(16(23)17(24-2)7-10-18-11-8-17)14-5-4-12-22(13-14)15-6-3-9-19-20-15;;/h3,6,9,14,18H,4-5,7-8,10-13H2,1-2H3;2*1H. The number of rotatable bonds is 4. The molecule has 0 radical (unpaired) electrons. The van der Waals surface area contributed by atoms with Crippen LogP contribution in [0.15, 0.2) is 18.3 Å². The molecule has 2 saturated heterocycles. The number of nitrogens with one attached hydrogen (secondary N) is 1. The Morgan fingerprint density at radius 2 is 2.12 bits per heavy atom. The molecule has 1 N–H and O–H groups in total. The molecule has 0 aromatic carbocycles. The Labute approximate surface area is 167 Å². The van der Waals surface area contributed by atoms with Gasteiger partial charge in [0.2, 0.25) is 0 Å². The van der Waals surface area contributed by atoms with Gasteiger partial charge in [-0.3, -0.25) is 4.79 Å². The molecule has 9 heteroatoms. The molecule has 1 unspecified atom stereocenters. The fourth-order valence-corrected chi connectivity index (χ4v) is 3.76. The van der Waals surface area contributed by atoms with Crippen LogP contribution in [0.2, 0.25) is 0 Å². The molecule has 0 spiro atoms. The summed E-state index contributed by atoms with van der Waals surface area (Å²) in [5.74, 6) is 0.990. The molecular weight excluding hydrogens is 377 g/mol. The van der Waals surface area contributed by atoms with Gasteiger partial charge in [0.1, 0.15) is 5.60 Å². The SMILES string of the molecule is COC1(C(=O)N(C)C2CCCN(c3cccnn3)C2)CCNCC1.Cl.Cl. The van der Waals surface area contributed by atoms with Gasteiger partial charge in [0, 0.05) is 39.5 Å². The Balaban J connectivity index is 0.00000169. The summed E-state index contributed by atoms with van der Waals surface area (Å²) in [6.45, 7) is 3.39. The molecule has 2 aliphatic heterocycles. The number of hydrogen-bond acceptors (Lipinski definition) is 6. The van der Waals surface area contributed by atoms with Crippen LogP contribution in [0.4, 0.5) is 5.82 Å². The first-order valence-corrected chi connectivity index (χ1v) is 8.72. The number of halogens is 2. The minimum Gasteiger partial charge on any atom is -0.368 e. The lowest BCUT2D eigenvalue weighted by Crippen LogP contribution is -2.58. The van der Waals surface area contributed by atoms with Gasteiger partial charge in [-0.25, -0.2) is 0 Å². The molecule has 0 aliphatic carbocycles. The maximum atomic E-state index is 13.1. The largest absolute Gasteiger partial charge is 0.368 e. The van der Waals surface area contributed by atoms with Crippen LogP contribution in [0.25, 0.3) is 0 Å². The van der Waals surface area contributed by atoms with E-state index < -0.39 is 5.60 Å². The third-order valence-electron chi connectivity index (χ3n) is 5.34. The van der Waals surface area contributed by atoms with Crippen molar-refractivity contribution < 1.29 is 9.53 Å². The van der Waals surface area contributed by atoms with E-state index in [0.29, 0.717) is 0 Å². The Kier molecular flexibility index (Phi) is 9.03. The summed E-state index contributed by atoms with van der Waals surface area (Å²) in [5.41, 5.74) is -0.672. The summed E-state index contributed by atoms with van der Waals surface area (Å²) >= 11 is 0. The van der Waals surface area contributed by atoms with E-state index in [1.807, 2.05) is 24.1 Å². The predicted molar refractivity (Wildman–Crippen MR) is 106 cm³/mol. The number of ether oxygens (including phenoxy) is 1. The zero-order valence-electron chi connectivity index (χ0n) is 15.4. The van der Waals surface area contributed by atoms with Crippen LogP contribution in [-0.4, -0.2) is 73.0 Å². The maximum absolute atomic E-state index is 13.1. The molecule has 1 atom stereocenters. The summed E-state index contributed by atoms with van der Waals surface area (Å²) in [5, 5.41) is 11.5. The Morgan fingerprint density at radius 1 is 1.38 bits per heavy atom. The molecular formula is C17H29Cl2N5O2. The van der Waals surface area contributed by atoms with Crippen molar-refractivity contribution in [3.63, 3.8) is 0 Å². The van der Waals surface area contributed by atoms with Crippen molar-refractivity contribution in [1.29, 1.82) is 0 Å². The van der Waals surface area contributed by atoms with E-state index in [1.54, 1.807) is 13.3 Å². The molecule has 2 fully saturated rings. The Bertz CT molecular complexity index is 557. The van der Waals surface area contributed by atoms with E-state index in [4.69, 9.17) is 4.74 Å². The molecule has 7 nitrogen and oxygen atoms in total. The Hall–Kier alpha value is -1.15. The molecule has 0 saturated carbocycles. The highest BCUT2D eigenvalue weighted by Gasteiger charge is 2.43. The first-order valence-electron chi connectivity index (χ1n) is 8.72. The lowest BCUT2D eigenvalue weighted by molar-refractivity contribution is -0.159. The van der Waals surface area contributed by atoms with E-state index >= 15 is 0 Å². The zero-order chi connectivity index (χ0) is 17.0. The van der Waals surface area contributed by atoms with Crippen LogP contribution in [0.1, 0.15) is 25.7 Å². The van der Waals surface area contributed by atoms with Crippen LogP contribution in [0.3, 0.4) is 0 Å². The molecule has 1 aromatic heterocycles. The molecule has 148 valence electrons. The van der Waals surface area contributed by atoms with Crippen LogP contribution < -0.4 is 10.2 Å². The molecule has 1 aromatic rings. The molecule has 26 heavy (non-hydrogen) atoms. The van der Waals surface area contributed by atoms with Gasteiger partial charge in [0.05, 0.1) is 0 Å². The van der Waals surface area contributed by atoms with Crippen molar-refractivity contribution in [3.05, 3.63) is 18.3 Å². The third kappa shape index (κ3) is 4.76. The van der Waals surface area contributed by atoms with Gasteiger partial charge < -0.3 is 19.9 Å². The second-order valence-electron chi connectivity index (χ2n) is 6.69. The zero-order valence-corrected chi connectivity index (χ0v) is 17.0. The summed E-state index contributed by atoms with van der Waals surface area (Å²) < 4.78 is 5.70. The molecule has 2 aliphatic rings. The van der Waals surface area contributed by atoms with Crippen molar-refractivity contribution in [1.82, 2.24) is 20.4 Å². The normalized spacial score (nSPS) is 21.9. The highest BCUT2D eigenvalue weighted by molar-refractivity contribution is 5.86. The van der Waals surface area contributed by atoms with Gasteiger partial charge in [0.25, 0.3) is 5.91 Å². The van der Waals surface area contributed by atoms with Crippen molar-refractivity contribution in [2.24, 2.45) is 0 Å². The smallest absolute Gasteiger partial charge is 0.254 e. The third-order valence-corrected chi connectivity index (χ3v) is 5.34. The van der Waals surface area contributed by atoms with Gasteiger partial charge in [-0.1, -0.05) is 0 Å². The molecule has 3 heterocycles. The number of likely N-dealkylation sites (N-methyl/N-ethyl adjacent to an activating group) is 1. The average Bonchev–Trinajstić information content (AvgIpc) is 2.68. The summed E-state index contributed by atoms with van der Waals surface area (Å²) in [4.78, 5) is 17.2. The van der Waals surface area contributed by atoms with E-state index in [9.17, 15) is 4.79 Å². The second kappa shape index (κ2) is 10.3. The highest BCUT2D eigenvalue weighted by Crippen LogP contribution is 2.28. The van der Waals surface area contributed by atoms with Crippen LogP contribution in [-0.2, 0) is 9.53 Å². The molecule has 1 amide bonds. The Morgan fingerprint density at radius 3 is 2.73 bits per heavy atom. The second-order valence-corrected chi connectivity index (χ2v) is 6.69. The number of nitrogens with zero attached hydrogens (tertiary/aromatic N) is 4. The number of aromatic nitrogens is 2. The number of anilines is 1. The molecule has 3 rings (SSSR count). The summed E-state index contributed by atoms with van der Waals surface area (Å²) in [6, 6.07) is 4.05. The summed E-state index contributed by atoms with van der Waals surface area (Å²) in [6.07, 6.45) is 5.19. The van der Waals surface area contributed by atoms with Gasteiger partial charge >= 0.3 is 0 Å². The van der Waals surface area contributed by atoms with E-state index in [1.165, 1.54) is 0 Å². The lowest BCUT2D eigenvalue weighted by atomic mass is 9.89. The van der Waals surface area contributed by atoms with Crippen molar-refractivity contribution >= 4 is 36.5 Å². The van der Waals surface area contributed by atoms with E-state index in [0.717, 1.165) is 57.7 Å². The number of methoxy groups -OCH3 is 1. The van der Waals surface area contributed by atoms with Crippen LogP contribution in [0, 0.1) is 0 Å². The fourth-order valence-electron chi connectivity index (χ4n) is 3.76. The average molecular weight is 406 g/mol. The minimum absolute atomic E-state index is 0. The quantitative estimate of drug-likeness (QED) is 0.818. The minimum atomic E-state index is -0.672. The van der Waals surface area contributed by atoms with E-state index in [2.05, 4.69) is 20.4 Å². The van der Waals surface area contributed by atoms with Crippen LogP contribution in [0.5, 0.6) is 0 Å². The van der Waals surface area contributed by atoms with Crippen molar-refractivity contribution in [2.45, 2.75) is 37.3 Å². The predicted octanol–water partition coefficient (Wildman–Crippen LogP) is 1.52. The van der Waals surface area contributed by atoms with Gasteiger partial charge in [-0.2, -0.15) is 5.10 Å². The monoisotopic (exact) mass is 405 g/mol. The highest BCUT2D eigenvalue weighted by atomic mass is 35.5. The van der Waals surface area contributed by atoms with Gasteiger partial charge in [0.15, 0.2) is 5.82 Å². The topological polar surface area (TPSA) is 70.6 Å². The van der Waals surface area contributed by atoms with Gasteiger partial charge in [-0.15, -0.1) is 29.9 Å². The number of hydrogen-bond donors (Lipinski definition) is 1. The maximum Gasteiger partial charge on any atom is 0.254 e. The van der Waals surface area contributed by atoms with Gasteiger partial charge in [-0.05, 0) is 50.9 Å². The van der Waals surface area contributed by atoms with Crippen molar-refractivity contribution in [2.75, 3.05) is 45.2 Å². The first-order chi connectivity index (χ1) is 11.7. The number of amides is 1. The van der Waals surface area contributed by atoms with E-state index in [-0.39, 0.29) is 36.8 Å². The lowest BCUT2D eigenvalue weighted by Gasteiger charge is -2.43. The molecule has 0 bridgehead atoms. The number of piperidine rings is 2. The first kappa shape index (κ1) is 22.9. The number of carbonyl (C=O) groups excluding carboxylic acids is 1. The fraction of sp³-hybridized carbons (Fsp3) is 0.706.